The van der Waals surface area contributed by atoms with Crippen LogP contribution in [0.15, 0.2) is 18.2 Å². The summed E-state index contributed by atoms with van der Waals surface area (Å²) in [7, 11) is 0. The molecule has 0 radical (unpaired) electrons. The van der Waals surface area contributed by atoms with E-state index in [-0.39, 0.29) is 6.04 Å². The van der Waals surface area contributed by atoms with Gasteiger partial charge in [-0.15, -0.1) is 0 Å². The molecule has 2 aliphatic carbocycles. The van der Waals surface area contributed by atoms with Crippen LogP contribution < -0.4 is 5.32 Å². The van der Waals surface area contributed by atoms with Crippen molar-refractivity contribution in [3.63, 3.8) is 0 Å². The number of aromatic nitrogens is 2. The van der Waals surface area contributed by atoms with E-state index in [4.69, 9.17) is 6.57 Å². The first kappa shape index (κ1) is 15.1. The number of fused-ring (bicyclic) bond motifs is 1. The summed E-state index contributed by atoms with van der Waals surface area (Å²) >= 11 is 0. The summed E-state index contributed by atoms with van der Waals surface area (Å²) in [6.45, 7) is 7.16. The van der Waals surface area contributed by atoms with Crippen molar-refractivity contribution in [2.75, 3.05) is 5.32 Å². The van der Waals surface area contributed by atoms with Crippen LogP contribution in [-0.2, 0) is 4.79 Å². The van der Waals surface area contributed by atoms with Gasteiger partial charge in [-0.05, 0) is 31.4 Å². The van der Waals surface area contributed by atoms with E-state index in [1.54, 1.807) is 18.2 Å². The lowest BCUT2D eigenvalue weighted by atomic mass is 9.81. The Morgan fingerprint density at radius 1 is 1.38 bits per heavy atom. The molecule has 124 valence electrons. The fourth-order valence-corrected chi connectivity index (χ4v) is 3.31. The number of hydrogen-bond donors (Lipinski definition) is 1. The number of alkyl halides is 2. The zero-order chi connectivity index (χ0) is 16.9. The van der Waals surface area contributed by atoms with Gasteiger partial charge < -0.3 is 4.57 Å². The van der Waals surface area contributed by atoms with Gasteiger partial charge in [-0.3, -0.25) is 10.1 Å². The summed E-state index contributed by atoms with van der Waals surface area (Å²) in [6.07, 6.45) is 2.28. The van der Waals surface area contributed by atoms with Crippen LogP contribution in [-0.4, -0.2) is 21.4 Å². The number of rotatable bonds is 3. The lowest BCUT2D eigenvalue weighted by Gasteiger charge is -2.34. The van der Waals surface area contributed by atoms with Crippen molar-refractivity contribution in [3.05, 3.63) is 29.6 Å². The summed E-state index contributed by atoms with van der Waals surface area (Å²) in [5, 5.41) is 2.73. The van der Waals surface area contributed by atoms with Crippen molar-refractivity contribution in [2.24, 2.45) is 5.92 Å². The zero-order valence-electron chi connectivity index (χ0n) is 12.9. The minimum absolute atomic E-state index is 0.231. The predicted molar refractivity (Wildman–Crippen MR) is 85.2 cm³/mol. The Morgan fingerprint density at radius 2 is 2.12 bits per heavy atom. The molecular weight excluding hydrogens is 314 g/mol. The summed E-state index contributed by atoms with van der Waals surface area (Å²) in [6, 6.07) is 5.44. The number of carbonyl (C=O) groups excluding carboxylic acids is 1. The molecule has 1 amide bonds. The molecule has 7 heteroatoms. The van der Waals surface area contributed by atoms with Crippen molar-refractivity contribution < 1.29 is 13.6 Å². The van der Waals surface area contributed by atoms with Crippen LogP contribution in [0.1, 0.15) is 38.1 Å². The van der Waals surface area contributed by atoms with Gasteiger partial charge in [0.2, 0.25) is 17.8 Å². The predicted octanol–water partition coefficient (Wildman–Crippen LogP) is 4.30. The summed E-state index contributed by atoms with van der Waals surface area (Å²) in [5.41, 5.74) is 2.02. The Bertz CT molecular complexity index is 855. The van der Waals surface area contributed by atoms with Gasteiger partial charge in [-0.2, -0.15) is 0 Å². The Labute approximate surface area is 137 Å². The molecule has 0 unspecified atom stereocenters. The molecule has 2 saturated carbocycles. The number of benzene rings is 1. The summed E-state index contributed by atoms with van der Waals surface area (Å²) in [5.74, 6) is -3.38. The highest BCUT2D eigenvalue weighted by atomic mass is 19.3. The molecule has 24 heavy (non-hydrogen) atoms. The number of halogens is 2. The molecule has 1 aromatic carbocycles. The van der Waals surface area contributed by atoms with Crippen molar-refractivity contribution in [1.82, 2.24) is 9.55 Å². The molecule has 2 aliphatic rings. The highest BCUT2D eigenvalue weighted by Crippen LogP contribution is 2.43. The Hall–Kier alpha value is -2.49. The number of carbonyl (C=O) groups is 1. The molecule has 1 heterocycles. The molecule has 2 fully saturated rings. The zero-order valence-corrected chi connectivity index (χ0v) is 12.9. The first-order valence-electron chi connectivity index (χ1n) is 8.05. The molecule has 5 nitrogen and oxygen atoms in total. The molecule has 0 saturated heterocycles. The lowest BCUT2D eigenvalue weighted by molar-refractivity contribution is -0.145. The maximum atomic E-state index is 13.0. The maximum absolute atomic E-state index is 13.0. The molecule has 1 N–H and O–H groups in total. The van der Waals surface area contributed by atoms with Gasteiger partial charge in [0.25, 0.3) is 0 Å². The van der Waals surface area contributed by atoms with Gasteiger partial charge in [0.05, 0.1) is 17.6 Å². The largest absolute Gasteiger partial charge is 0.308 e. The van der Waals surface area contributed by atoms with Crippen LogP contribution in [0.3, 0.4) is 0 Å². The molecule has 0 atom stereocenters. The maximum Gasteiger partial charge on any atom is 0.249 e. The minimum Gasteiger partial charge on any atom is -0.308 e. The Morgan fingerprint density at radius 3 is 2.71 bits per heavy atom. The van der Waals surface area contributed by atoms with E-state index in [0.29, 0.717) is 17.2 Å². The number of nitrogens with zero attached hydrogens (tertiary/aromatic N) is 3. The third kappa shape index (κ3) is 2.42. The van der Waals surface area contributed by atoms with Gasteiger partial charge >= 0.3 is 0 Å². The standard InChI is InChI=1S/C17H16F2N4O/c1-20-11-5-6-13-14(7-11)23(12-3-2-4-12)16(21-13)22-15(24)10-8-17(18,19)9-10/h5-7,10,12H,2-4,8-9H2,(H,21,22,24). The minimum atomic E-state index is -2.72. The molecule has 0 spiro atoms. The van der Waals surface area contributed by atoms with E-state index in [1.807, 2.05) is 4.57 Å². The van der Waals surface area contributed by atoms with Crippen LogP contribution in [0, 0.1) is 12.5 Å². The number of anilines is 1. The van der Waals surface area contributed by atoms with Crippen LogP contribution in [0.4, 0.5) is 20.4 Å². The highest BCUT2D eigenvalue weighted by molar-refractivity contribution is 5.94. The molecular formula is C17H16F2N4O. The Kier molecular flexibility index (Phi) is 3.30. The molecule has 1 aromatic heterocycles. The first-order valence-corrected chi connectivity index (χ1v) is 8.05. The number of hydrogen-bond acceptors (Lipinski definition) is 2. The first-order chi connectivity index (χ1) is 11.5. The average molecular weight is 330 g/mol. The summed E-state index contributed by atoms with van der Waals surface area (Å²) in [4.78, 5) is 20.1. The van der Waals surface area contributed by atoms with Gasteiger partial charge in [-0.1, -0.05) is 6.07 Å². The van der Waals surface area contributed by atoms with Crippen LogP contribution in [0.5, 0.6) is 0 Å². The van der Waals surface area contributed by atoms with Crippen molar-refractivity contribution in [2.45, 2.75) is 44.1 Å². The third-order valence-corrected chi connectivity index (χ3v) is 4.94. The van der Waals surface area contributed by atoms with E-state index < -0.39 is 30.6 Å². The van der Waals surface area contributed by atoms with Crippen LogP contribution >= 0.6 is 0 Å². The van der Waals surface area contributed by atoms with Crippen molar-refractivity contribution in [3.8, 4) is 0 Å². The molecule has 0 aliphatic heterocycles. The second kappa shape index (κ2) is 5.26. The fraction of sp³-hybridized carbons (Fsp3) is 0.471. The fourth-order valence-electron chi connectivity index (χ4n) is 3.31. The monoisotopic (exact) mass is 330 g/mol. The van der Waals surface area contributed by atoms with E-state index in [9.17, 15) is 13.6 Å². The van der Waals surface area contributed by atoms with Crippen LogP contribution in [0.25, 0.3) is 15.9 Å². The van der Waals surface area contributed by atoms with Crippen LogP contribution in [0.2, 0.25) is 0 Å². The van der Waals surface area contributed by atoms with E-state index in [0.717, 1.165) is 24.8 Å². The van der Waals surface area contributed by atoms with Gasteiger partial charge in [0.1, 0.15) is 0 Å². The van der Waals surface area contributed by atoms with Crippen molar-refractivity contribution >= 4 is 28.6 Å². The second-order valence-corrected chi connectivity index (χ2v) is 6.63. The van der Waals surface area contributed by atoms with E-state index in [1.165, 1.54) is 0 Å². The lowest BCUT2D eigenvalue weighted by Crippen LogP contribution is -2.42. The van der Waals surface area contributed by atoms with Crippen molar-refractivity contribution in [1.29, 1.82) is 0 Å². The SMILES string of the molecule is [C-]#[N+]c1ccc2nc(NC(=O)C3CC(F)(F)C3)n(C3CCC3)c2c1. The number of imidazole rings is 1. The normalized spacial score (nSPS) is 20.2. The Balaban J connectivity index is 1.67. The summed E-state index contributed by atoms with van der Waals surface area (Å²) < 4.78 is 27.9. The number of nitrogens with one attached hydrogen (secondary N) is 1. The second-order valence-electron chi connectivity index (χ2n) is 6.63. The third-order valence-electron chi connectivity index (χ3n) is 4.94. The van der Waals surface area contributed by atoms with Gasteiger partial charge in [-0.25, -0.2) is 18.6 Å². The van der Waals surface area contributed by atoms with Gasteiger partial charge in [0.15, 0.2) is 5.69 Å². The van der Waals surface area contributed by atoms with E-state index >= 15 is 0 Å². The number of amides is 1. The molecule has 2 aromatic rings. The quantitative estimate of drug-likeness (QED) is 0.853. The smallest absolute Gasteiger partial charge is 0.249 e. The molecule has 4 rings (SSSR count). The van der Waals surface area contributed by atoms with E-state index in [2.05, 4.69) is 15.1 Å². The average Bonchev–Trinajstić information content (AvgIpc) is 2.80. The van der Waals surface area contributed by atoms with Gasteiger partial charge in [0, 0.05) is 24.8 Å². The topological polar surface area (TPSA) is 51.3 Å². The highest BCUT2D eigenvalue weighted by Gasteiger charge is 2.49. The molecule has 0 bridgehead atoms.